The molecule has 1 fully saturated rings. The van der Waals surface area contributed by atoms with E-state index in [1.54, 1.807) is 0 Å². The highest BCUT2D eigenvalue weighted by atomic mass is 16.4. The average Bonchev–Trinajstić information content (AvgIpc) is 2.82. The Morgan fingerprint density at radius 1 is 1.54 bits per heavy atom. The second kappa shape index (κ2) is 2.87. The van der Waals surface area contributed by atoms with Crippen LogP contribution in [0.3, 0.4) is 0 Å². The van der Waals surface area contributed by atoms with Gasteiger partial charge in [0.2, 0.25) is 0 Å². The molecule has 0 unspecified atom stereocenters. The Hall–Kier alpha value is -1.31. The normalized spacial score (nSPS) is 25.6. The monoisotopic (exact) mass is 176 g/mol. The van der Waals surface area contributed by atoms with E-state index >= 15 is 0 Å². The van der Waals surface area contributed by atoms with Gasteiger partial charge in [-0.3, -0.25) is 4.79 Å². The van der Waals surface area contributed by atoms with E-state index in [9.17, 15) is 4.79 Å². The summed E-state index contributed by atoms with van der Waals surface area (Å²) in [6, 6.07) is 8.11. The number of aryl methyl sites for hydroxylation is 1. The number of benzene rings is 1. The fraction of sp³-hybridized carbons (Fsp3) is 0.364. The molecule has 0 radical (unpaired) electrons. The van der Waals surface area contributed by atoms with Gasteiger partial charge in [0, 0.05) is 0 Å². The van der Waals surface area contributed by atoms with Crippen LogP contribution in [0.2, 0.25) is 0 Å². The van der Waals surface area contributed by atoms with Crippen LogP contribution in [-0.2, 0) is 4.79 Å². The minimum atomic E-state index is -0.661. The van der Waals surface area contributed by atoms with Gasteiger partial charge in [0.25, 0.3) is 0 Å². The number of carbonyl (C=O) groups is 1. The molecule has 0 saturated heterocycles. The number of carboxylic acids is 1. The maximum absolute atomic E-state index is 10.6. The van der Waals surface area contributed by atoms with Crippen molar-refractivity contribution in [2.24, 2.45) is 5.92 Å². The molecule has 1 aromatic rings. The first-order chi connectivity index (χ1) is 6.18. The van der Waals surface area contributed by atoms with Crippen molar-refractivity contribution in [3.05, 3.63) is 35.4 Å². The van der Waals surface area contributed by atoms with Gasteiger partial charge in [-0.25, -0.2) is 0 Å². The first-order valence-electron chi connectivity index (χ1n) is 4.48. The van der Waals surface area contributed by atoms with Crippen LogP contribution in [0.5, 0.6) is 0 Å². The lowest BCUT2D eigenvalue weighted by molar-refractivity contribution is -0.138. The molecule has 1 aliphatic rings. The van der Waals surface area contributed by atoms with Gasteiger partial charge in [0.15, 0.2) is 0 Å². The Morgan fingerprint density at radius 2 is 2.31 bits per heavy atom. The predicted octanol–water partition coefficient (Wildman–Crippen LogP) is 2.18. The molecule has 1 N–H and O–H groups in total. The minimum Gasteiger partial charge on any atom is -0.481 e. The SMILES string of the molecule is Cc1cccc([C@@H]2C[C@@H]2C(=O)O)c1. The third kappa shape index (κ3) is 1.57. The van der Waals surface area contributed by atoms with Crippen molar-refractivity contribution in [1.82, 2.24) is 0 Å². The third-order valence-electron chi connectivity index (χ3n) is 2.58. The number of hydrogen-bond acceptors (Lipinski definition) is 1. The van der Waals surface area contributed by atoms with E-state index in [1.807, 2.05) is 25.1 Å². The summed E-state index contributed by atoms with van der Waals surface area (Å²) in [6.45, 7) is 2.03. The third-order valence-corrected chi connectivity index (χ3v) is 2.58. The maximum Gasteiger partial charge on any atom is 0.307 e. The zero-order valence-electron chi connectivity index (χ0n) is 7.53. The van der Waals surface area contributed by atoms with Crippen molar-refractivity contribution in [3.63, 3.8) is 0 Å². The summed E-state index contributed by atoms with van der Waals surface area (Å²) in [5, 5.41) is 8.75. The Morgan fingerprint density at radius 3 is 2.85 bits per heavy atom. The van der Waals surface area contributed by atoms with Crippen LogP contribution < -0.4 is 0 Å². The molecule has 0 heterocycles. The second-order valence-corrected chi connectivity index (χ2v) is 3.70. The minimum absolute atomic E-state index is 0.137. The van der Waals surface area contributed by atoms with Crippen molar-refractivity contribution in [2.75, 3.05) is 0 Å². The van der Waals surface area contributed by atoms with E-state index in [0.717, 1.165) is 6.42 Å². The summed E-state index contributed by atoms with van der Waals surface area (Å²) in [7, 11) is 0. The van der Waals surface area contributed by atoms with Crippen molar-refractivity contribution in [2.45, 2.75) is 19.3 Å². The van der Waals surface area contributed by atoms with E-state index < -0.39 is 5.97 Å². The first kappa shape index (κ1) is 8.30. The van der Waals surface area contributed by atoms with Crippen LogP contribution >= 0.6 is 0 Å². The lowest BCUT2D eigenvalue weighted by Crippen LogP contribution is -1.98. The zero-order valence-corrected chi connectivity index (χ0v) is 7.53. The highest BCUT2D eigenvalue weighted by Crippen LogP contribution is 2.47. The van der Waals surface area contributed by atoms with Crippen molar-refractivity contribution < 1.29 is 9.90 Å². The molecule has 0 aliphatic heterocycles. The molecular weight excluding hydrogens is 164 g/mol. The molecule has 0 bridgehead atoms. The van der Waals surface area contributed by atoms with Gasteiger partial charge in [-0.15, -0.1) is 0 Å². The molecule has 0 spiro atoms. The summed E-state index contributed by atoms with van der Waals surface area (Å²) >= 11 is 0. The predicted molar refractivity (Wildman–Crippen MR) is 49.7 cm³/mol. The van der Waals surface area contributed by atoms with Crippen LogP contribution in [0, 0.1) is 12.8 Å². The van der Waals surface area contributed by atoms with Gasteiger partial charge in [-0.2, -0.15) is 0 Å². The molecule has 2 nitrogen and oxygen atoms in total. The highest BCUT2D eigenvalue weighted by molar-refractivity contribution is 5.75. The van der Waals surface area contributed by atoms with Crippen molar-refractivity contribution >= 4 is 5.97 Å². The Labute approximate surface area is 77.2 Å². The Bertz CT molecular complexity index is 344. The van der Waals surface area contributed by atoms with E-state index in [1.165, 1.54) is 11.1 Å². The molecule has 2 heteroatoms. The number of carboxylic acid groups (broad SMARTS) is 1. The van der Waals surface area contributed by atoms with E-state index in [0.29, 0.717) is 0 Å². The van der Waals surface area contributed by atoms with Gasteiger partial charge < -0.3 is 5.11 Å². The highest BCUT2D eigenvalue weighted by Gasteiger charge is 2.43. The second-order valence-electron chi connectivity index (χ2n) is 3.70. The summed E-state index contributed by atoms with van der Waals surface area (Å²) in [4.78, 5) is 10.6. The maximum atomic E-state index is 10.6. The van der Waals surface area contributed by atoms with Crippen LogP contribution in [-0.4, -0.2) is 11.1 Å². The summed E-state index contributed by atoms with van der Waals surface area (Å²) < 4.78 is 0. The molecule has 0 aromatic heterocycles. The standard InChI is InChI=1S/C11H12O2/c1-7-3-2-4-8(5-7)9-6-10(9)11(12)13/h2-5,9-10H,6H2,1H3,(H,12,13)/t9-,10-/m0/s1. The topological polar surface area (TPSA) is 37.3 Å². The molecule has 2 rings (SSSR count). The molecule has 0 amide bonds. The van der Waals surface area contributed by atoms with Gasteiger partial charge in [-0.1, -0.05) is 29.8 Å². The average molecular weight is 176 g/mol. The van der Waals surface area contributed by atoms with Gasteiger partial charge in [0.1, 0.15) is 0 Å². The number of rotatable bonds is 2. The van der Waals surface area contributed by atoms with E-state index in [-0.39, 0.29) is 11.8 Å². The lowest BCUT2D eigenvalue weighted by Gasteiger charge is -1.99. The molecule has 1 aliphatic carbocycles. The lowest BCUT2D eigenvalue weighted by atomic mass is 10.1. The molecular formula is C11H12O2. The Balaban J connectivity index is 2.16. The number of hydrogen-bond donors (Lipinski definition) is 1. The van der Waals surface area contributed by atoms with Crippen LogP contribution in [0.1, 0.15) is 23.5 Å². The largest absolute Gasteiger partial charge is 0.481 e. The van der Waals surface area contributed by atoms with Crippen molar-refractivity contribution in [1.29, 1.82) is 0 Å². The molecule has 1 saturated carbocycles. The zero-order chi connectivity index (χ0) is 9.42. The summed E-state index contributed by atoms with van der Waals surface area (Å²) in [5.74, 6) is -0.536. The fourth-order valence-corrected chi connectivity index (χ4v) is 1.74. The van der Waals surface area contributed by atoms with Gasteiger partial charge in [-0.05, 0) is 24.8 Å². The van der Waals surface area contributed by atoms with Gasteiger partial charge in [0.05, 0.1) is 5.92 Å². The van der Waals surface area contributed by atoms with E-state index in [4.69, 9.17) is 5.11 Å². The fourth-order valence-electron chi connectivity index (χ4n) is 1.74. The first-order valence-corrected chi connectivity index (χ1v) is 4.48. The molecule has 1 aromatic carbocycles. The summed E-state index contributed by atoms with van der Waals surface area (Å²) in [5.41, 5.74) is 2.38. The number of aliphatic carboxylic acids is 1. The van der Waals surface area contributed by atoms with Crippen LogP contribution in [0.4, 0.5) is 0 Å². The van der Waals surface area contributed by atoms with Crippen molar-refractivity contribution in [3.8, 4) is 0 Å². The molecule has 2 atom stereocenters. The summed E-state index contributed by atoms with van der Waals surface area (Å²) in [6.07, 6.45) is 0.804. The van der Waals surface area contributed by atoms with E-state index in [2.05, 4.69) is 6.07 Å². The molecule has 68 valence electrons. The Kier molecular flexibility index (Phi) is 1.83. The molecule has 13 heavy (non-hydrogen) atoms. The quantitative estimate of drug-likeness (QED) is 0.749. The van der Waals surface area contributed by atoms with Gasteiger partial charge >= 0.3 is 5.97 Å². The van der Waals surface area contributed by atoms with Crippen LogP contribution in [0.25, 0.3) is 0 Å². The van der Waals surface area contributed by atoms with Crippen LogP contribution in [0.15, 0.2) is 24.3 Å². The smallest absolute Gasteiger partial charge is 0.307 e.